The van der Waals surface area contributed by atoms with Crippen LogP contribution in [0.1, 0.15) is 5.56 Å². The summed E-state index contributed by atoms with van der Waals surface area (Å²) in [6.07, 6.45) is 2.69. The fraction of sp³-hybridized carbons (Fsp3) is 0.385. The van der Waals surface area contributed by atoms with E-state index in [1.807, 2.05) is 24.3 Å². The second-order valence-electron chi connectivity index (χ2n) is 3.32. The molecule has 88 valence electrons. The number of methoxy groups -OCH3 is 2. The molecule has 0 saturated carbocycles. The van der Waals surface area contributed by atoms with E-state index in [0.29, 0.717) is 13.2 Å². The van der Waals surface area contributed by atoms with Gasteiger partial charge in [0.15, 0.2) is 11.5 Å². The monoisotopic (exact) mass is 222 g/mol. The quantitative estimate of drug-likeness (QED) is 0.524. The van der Waals surface area contributed by atoms with Crippen molar-refractivity contribution in [1.82, 2.24) is 0 Å². The van der Waals surface area contributed by atoms with E-state index in [-0.39, 0.29) is 0 Å². The standard InChI is InChI=1S/C13H18O3/c1-4-5-11-6-7-12(13(10-11)15-3)16-9-8-14-2/h4,6-7,10H,1,5,8-9H2,2-3H3. The zero-order valence-corrected chi connectivity index (χ0v) is 9.86. The van der Waals surface area contributed by atoms with Gasteiger partial charge >= 0.3 is 0 Å². The van der Waals surface area contributed by atoms with Gasteiger partial charge in [-0.2, -0.15) is 0 Å². The van der Waals surface area contributed by atoms with Crippen LogP contribution in [0.4, 0.5) is 0 Å². The predicted molar refractivity (Wildman–Crippen MR) is 64.3 cm³/mol. The topological polar surface area (TPSA) is 27.7 Å². The summed E-state index contributed by atoms with van der Waals surface area (Å²) >= 11 is 0. The molecule has 0 unspecified atom stereocenters. The minimum Gasteiger partial charge on any atom is -0.493 e. The van der Waals surface area contributed by atoms with Crippen LogP contribution in [0.25, 0.3) is 0 Å². The van der Waals surface area contributed by atoms with Crippen LogP contribution in [-0.4, -0.2) is 27.4 Å². The van der Waals surface area contributed by atoms with E-state index in [1.54, 1.807) is 14.2 Å². The van der Waals surface area contributed by atoms with E-state index in [0.717, 1.165) is 23.5 Å². The second-order valence-corrected chi connectivity index (χ2v) is 3.32. The van der Waals surface area contributed by atoms with Gasteiger partial charge < -0.3 is 14.2 Å². The molecule has 1 rings (SSSR count). The lowest BCUT2D eigenvalue weighted by Crippen LogP contribution is -2.05. The average Bonchev–Trinajstić information content (AvgIpc) is 2.31. The highest BCUT2D eigenvalue weighted by molar-refractivity contribution is 5.43. The SMILES string of the molecule is C=CCc1ccc(OCCOC)c(OC)c1. The molecule has 0 spiro atoms. The number of allylic oxidation sites excluding steroid dienone is 1. The van der Waals surface area contributed by atoms with Gasteiger partial charge in [0.25, 0.3) is 0 Å². The highest BCUT2D eigenvalue weighted by atomic mass is 16.5. The summed E-state index contributed by atoms with van der Waals surface area (Å²) < 4.78 is 15.7. The maximum atomic E-state index is 5.53. The Morgan fingerprint density at radius 3 is 2.62 bits per heavy atom. The fourth-order valence-electron chi connectivity index (χ4n) is 1.36. The van der Waals surface area contributed by atoms with Crippen LogP contribution in [-0.2, 0) is 11.2 Å². The molecule has 0 aliphatic rings. The Balaban J connectivity index is 2.72. The molecule has 0 amide bonds. The Kier molecular flexibility index (Phi) is 5.43. The van der Waals surface area contributed by atoms with Crippen molar-refractivity contribution in [1.29, 1.82) is 0 Å². The number of rotatable bonds is 7. The normalized spacial score (nSPS) is 9.88. The molecule has 0 aliphatic carbocycles. The summed E-state index contributed by atoms with van der Waals surface area (Å²) in [4.78, 5) is 0. The first-order valence-corrected chi connectivity index (χ1v) is 5.21. The van der Waals surface area contributed by atoms with Crippen LogP contribution in [0.3, 0.4) is 0 Å². The molecule has 1 aromatic carbocycles. The third kappa shape index (κ3) is 3.59. The van der Waals surface area contributed by atoms with Gasteiger partial charge in [-0.3, -0.25) is 0 Å². The molecular weight excluding hydrogens is 204 g/mol. The Bertz CT molecular complexity index is 334. The van der Waals surface area contributed by atoms with Gasteiger partial charge in [-0.15, -0.1) is 6.58 Å². The first-order valence-electron chi connectivity index (χ1n) is 5.21. The molecule has 3 nitrogen and oxygen atoms in total. The van der Waals surface area contributed by atoms with Gasteiger partial charge in [0.2, 0.25) is 0 Å². The molecule has 0 radical (unpaired) electrons. The molecule has 0 saturated heterocycles. The Labute approximate surface area is 96.6 Å². The van der Waals surface area contributed by atoms with Gasteiger partial charge in [-0.25, -0.2) is 0 Å². The van der Waals surface area contributed by atoms with Crippen molar-refractivity contribution < 1.29 is 14.2 Å². The van der Waals surface area contributed by atoms with E-state index in [1.165, 1.54) is 0 Å². The summed E-state index contributed by atoms with van der Waals surface area (Å²) in [7, 11) is 3.28. The third-order valence-electron chi connectivity index (χ3n) is 2.15. The summed E-state index contributed by atoms with van der Waals surface area (Å²) in [5.41, 5.74) is 1.16. The molecule has 1 aromatic rings. The largest absolute Gasteiger partial charge is 0.493 e. The number of hydrogen-bond donors (Lipinski definition) is 0. The minimum absolute atomic E-state index is 0.521. The number of benzene rings is 1. The molecule has 0 atom stereocenters. The van der Waals surface area contributed by atoms with Gasteiger partial charge in [-0.1, -0.05) is 12.1 Å². The second kappa shape index (κ2) is 6.90. The van der Waals surface area contributed by atoms with Crippen LogP contribution < -0.4 is 9.47 Å². The first-order chi connectivity index (χ1) is 7.81. The van der Waals surface area contributed by atoms with Crippen LogP contribution in [0.5, 0.6) is 11.5 Å². The summed E-state index contributed by atoms with van der Waals surface area (Å²) in [5, 5.41) is 0. The minimum atomic E-state index is 0.521. The van der Waals surface area contributed by atoms with Crippen molar-refractivity contribution in [2.24, 2.45) is 0 Å². The Hall–Kier alpha value is -1.48. The molecule has 0 N–H and O–H groups in total. The van der Waals surface area contributed by atoms with Gasteiger partial charge in [-0.05, 0) is 24.1 Å². The van der Waals surface area contributed by atoms with Crippen LogP contribution >= 0.6 is 0 Å². The van der Waals surface area contributed by atoms with E-state index in [9.17, 15) is 0 Å². The van der Waals surface area contributed by atoms with Gasteiger partial charge in [0.05, 0.1) is 13.7 Å². The molecule has 0 bridgehead atoms. The van der Waals surface area contributed by atoms with E-state index >= 15 is 0 Å². The predicted octanol–water partition coefficient (Wildman–Crippen LogP) is 2.45. The maximum Gasteiger partial charge on any atom is 0.161 e. The molecule has 0 aromatic heterocycles. The third-order valence-corrected chi connectivity index (χ3v) is 2.15. The first kappa shape index (κ1) is 12.6. The summed E-state index contributed by atoms with van der Waals surface area (Å²) in [6.45, 7) is 4.79. The summed E-state index contributed by atoms with van der Waals surface area (Å²) in [6, 6.07) is 5.88. The summed E-state index contributed by atoms with van der Waals surface area (Å²) in [5.74, 6) is 1.49. The molecule has 16 heavy (non-hydrogen) atoms. The lowest BCUT2D eigenvalue weighted by atomic mass is 10.1. The van der Waals surface area contributed by atoms with Crippen molar-refractivity contribution >= 4 is 0 Å². The van der Waals surface area contributed by atoms with Crippen molar-refractivity contribution in [3.8, 4) is 11.5 Å². The molecule has 0 fully saturated rings. The molecule has 0 heterocycles. The van der Waals surface area contributed by atoms with Crippen LogP contribution in [0.15, 0.2) is 30.9 Å². The van der Waals surface area contributed by atoms with Crippen molar-refractivity contribution in [3.63, 3.8) is 0 Å². The Morgan fingerprint density at radius 2 is 2.00 bits per heavy atom. The van der Waals surface area contributed by atoms with E-state index in [2.05, 4.69) is 6.58 Å². The highest BCUT2D eigenvalue weighted by Gasteiger charge is 2.04. The zero-order valence-electron chi connectivity index (χ0n) is 9.86. The van der Waals surface area contributed by atoms with Crippen LogP contribution in [0.2, 0.25) is 0 Å². The van der Waals surface area contributed by atoms with E-state index in [4.69, 9.17) is 14.2 Å². The Morgan fingerprint density at radius 1 is 1.19 bits per heavy atom. The smallest absolute Gasteiger partial charge is 0.161 e. The molecule has 3 heteroatoms. The van der Waals surface area contributed by atoms with Crippen molar-refractivity contribution in [2.75, 3.05) is 27.4 Å². The fourth-order valence-corrected chi connectivity index (χ4v) is 1.36. The van der Waals surface area contributed by atoms with Gasteiger partial charge in [0.1, 0.15) is 6.61 Å². The average molecular weight is 222 g/mol. The van der Waals surface area contributed by atoms with E-state index < -0.39 is 0 Å². The highest BCUT2D eigenvalue weighted by Crippen LogP contribution is 2.28. The number of ether oxygens (including phenoxy) is 3. The zero-order chi connectivity index (χ0) is 11.8. The number of hydrogen-bond acceptors (Lipinski definition) is 3. The van der Waals surface area contributed by atoms with Crippen molar-refractivity contribution in [3.05, 3.63) is 36.4 Å². The molecule has 0 aliphatic heterocycles. The maximum absolute atomic E-state index is 5.53. The molecular formula is C13H18O3. The van der Waals surface area contributed by atoms with Crippen LogP contribution in [0, 0.1) is 0 Å². The lowest BCUT2D eigenvalue weighted by Gasteiger charge is -2.11. The van der Waals surface area contributed by atoms with Crippen molar-refractivity contribution in [2.45, 2.75) is 6.42 Å². The lowest BCUT2D eigenvalue weighted by molar-refractivity contribution is 0.144. The van der Waals surface area contributed by atoms with Gasteiger partial charge in [0, 0.05) is 7.11 Å².